The summed E-state index contributed by atoms with van der Waals surface area (Å²) in [4.78, 5) is 2.26. The molecule has 3 aromatic rings. The van der Waals surface area contributed by atoms with Crippen molar-refractivity contribution >= 4 is 45.2 Å². The molecule has 0 aliphatic carbocycles. The molecule has 1 aromatic heterocycles. The molecule has 210 valence electrons. The van der Waals surface area contributed by atoms with Crippen molar-refractivity contribution in [2.24, 2.45) is 0 Å². The Bertz CT molecular complexity index is 1440. The number of fused-ring (bicyclic) bond motifs is 1. The lowest BCUT2D eigenvalue weighted by Gasteiger charge is -2.33. The van der Waals surface area contributed by atoms with Crippen LogP contribution in [0.3, 0.4) is 0 Å². The number of halogens is 4. The molecule has 0 bridgehead atoms. The molecule has 0 saturated carbocycles. The Labute approximate surface area is 230 Å². The molecule has 0 spiro atoms. The maximum Gasteiger partial charge on any atom is 0.393 e. The Kier molecular flexibility index (Phi) is 8.85. The predicted octanol–water partition coefficient (Wildman–Crippen LogP) is 6.18. The molecule has 1 aliphatic rings. The zero-order valence-corrected chi connectivity index (χ0v) is 24.0. The first-order chi connectivity index (χ1) is 18.4. The number of ether oxygens (including phenoxy) is 1. The molecular weight excluding hydrogens is 549 g/mol. The normalized spacial score (nSPS) is 18.5. The second-order valence-electron chi connectivity index (χ2n) is 10.1. The summed E-state index contributed by atoms with van der Waals surface area (Å²) < 4.78 is 73.7. The minimum absolute atomic E-state index is 0.127. The smallest absolute Gasteiger partial charge is 0.393 e. The van der Waals surface area contributed by atoms with Crippen LogP contribution >= 0.6 is 18.5 Å². The van der Waals surface area contributed by atoms with Crippen LogP contribution in [0.1, 0.15) is 16.9 Å². The van der Waals surface area contributed by atoms with E-state index in [2.05, 4.69) is 22.5 Å². The largest absolute Gasteiger partial charge is 0.495 e. The Balaban J connectivity index is 1.60. The molecule has 4 rings (SSSR count). The van der Waals surface area contributed by atoms with Gasteiger partial charge in [-0.25, -0.2) is 4.39 Å². The topological polar surface area (TPSA) is 53.6 Å². The van der Waals surface area contributed by atoms with Gasteiger partial charge in [0.2, 0.25) is 0 Å². The first-order valence-corrected chi connectivity index (χ1v) is 15.9. The van der Waals surface area contributed by atoms with Crippen LogP contribution in [0.4, 0.5) is 28.9 Å². The van der Waals surface area contributed by atoms with Crippen molar-refractivity contribution in [2.45, 2.75) is 31.2 Å². The van der Waals surface area contributed by atoms with Crippen molar-refractivity contribution in [2.75, 3.05) is 57.8 Å². The Morgan fingerprint density at radius 1 is 1.21 bits per heavy atom. The highest BCUT2D eigenvalue weighted by molar-refractivity contribution is 7.70. The first kappa shape index (κ1) is 29.3. The zero-order chi connectivity index (χ0) is 28.4. The Morgan fingerprint density at radius 2 is 1.97 bits per heavy atom. The van der Waals surface area contributed by atoms with Crippen molar-refractivity contribution in [1.29, 1.82) is 0 Å². The number of anilines is 2. The number of alkyl halides is 4. The fourth-order valence-corrected chi connectivity index (χ4v) is 6.64. The molecular formula is C28H32F4N3O2PS. The van der Waals surface area contributed by atoms with E-state index in [4.69, 9.17) is 4.74 Å². The molecule has 2 heterocycles. The van der Waals surface area contributed by atoms with Gasteiger partial charge >= 0.3 is 6.18 Å². The van der Waals surface area contributed by atoms with E-state index in [1.807, 2.05) is 11.9 Å². The van der Waals surface area contributed by atoms with Crippen molar-refractivity contribution in [3.05, 3.63) is 46.8 Å². The molecule has 1 fully saturated rings. The number of nitrogens with zero attached hydrogens (tertiary/aromatic N) is 1. The van der Waals surface area contributed by atoms with E-state index >= 15 is 0 Å². The van der Waals surface area contributed by atoms with Gasteiger partial charge in [0, 0.05) is 18.4 Å². The van der Waals surface area contributed by atoms with Crippen LogP contribution in [0, 0.1) is 11.8 Å². The summed E-state index contributed by atoms with van der Waals surface area (Å²) in [5.41, 5.74) is 1.39. The highest BCUT2D eigenvalue weighted by Gasteiger charge is 2.32. The minimum atomic E-state index is -4.41. The lowest BCUT2D eigenvalue weighted by molar-refractivity contribution is -0.126. The summed E-state index contributed by atoms with van der Waals surface area (Å²) in [6, 6.07) is 9.95. The average molecular weight is 582 g/mol. The van der Waals surface area contributed by atoms with Crippen molar-refractivity contribution < 1.29 is 26.9 Å². The second-order valence-corrected chi connectivity index (χ2v) is 14.3. The van der Waals surface area contributed by atoms with Crippen LogP contribution in [0.15, 0.2) is 36.4 Å². The van der Waals surface area contributed by atoms with Crippen LogP contribution in [-0.4, -0.2) is 70.4 Å². The Morgan fingerprint density at radius 3 is 2.64 bits per heavy atom. The number of piperidine rings is 1. The van der Waals surface area contributed by atoms with Crippen LogP contribution in [0.5, 0.6) is 5.75 Å². The van der Waals surface area contributed by atoms with E-state index in [0.29, 0.717) is 50.4 Å². The van der Waals surface area contributed by atoms with Crippen molar-refractivity contribution in [1.82, 2.24) is 4.90 Å². The van der Waals surface area contributed by atoms with E-state index in [1.165, 1.54) is 18.4 Å². The third kappa shape index (κ3) is 7.27. The summed E-state index contributed by atoms with van der Waals surface area (Å²) in [5, 5.41) is 7.53. The Hall–Kier alpha value is -2.73. The number of hydrogen-bond acceptors (Lipinski definition) is 6. The van der Waals surface area contributed by atoms with Crippen LogP contribution in [-0.2, 0) is 11.0 Å². The lowest BCUT2D eigenvalue weighted by atomic mass is 10.0. The number of hydrogen-bond donors (Lipinski definition) is 2. The van der Waals surface area contributed by atoms with Gasteiger partial charge in [-0.1, -0.05) is 24.0 Å². The van der Waals surface area contributed by atoms with E-state index in [1.54, 1.807) is 49.7 Å². The van der Waals surface area contributed by atoms with E-state index < -0.39 is 32.0 Å². The van der Waals surface area contributed by atoms with Gasteiger partial charge in [0.25, 0.3) is 0 Å². The standard InChI is InChI=1S/C28H32F4N3O2PS/c1-35-14-12-22(21(29)17-35)34-24-8-5-7-19-20(16-28(30,31)32)26(39-27(19)24)9-6-13-33-23-11-10-18(38(3,4)36)15-25(23)37-2/h5,7-8,10-11,15,21-22,33-34H,12-14,16-17H2,1-4H3. The summed E-state index contributed by atoms with van der Waals surface area (Å²) in [7, 11) is 0.912. The molecule has 2 atom stereocenters. The summed E-state index contributed by atoms with van der Waals surface area (Å²) in [5.74, 6) is 6.37. The number of rotatable bonds is 7. The van der Waals surface area contributed by atoms with Gasteiger partial charge in [0.05, 0.1) is 47.1 Å². The SMILES string of the molecule is COc1cc(P(C)(C)=O)ccc1NCC#Cc1sc2c(NC3CCN(C)CC3F)cccc2c1CC(F)(F)F. The van der Waals surface area contributed by atoms with E-state index in [0.717, 1.165) is 6.54 Å². The van der Waals surface area contributed by atoms with Gasteiger partial charge < -0.3 is 24.8 Å². The highest BCUT2D eigenvalue weighted by atomic mass is 32.1. The molecule has 1 saturated heterocycles. The fourth-order valence-electron chi connectivity index (χ4n) is 4.60. The molecule has 2 aromatic carbocycles. The third-order valence-corrected chi connectivity index (χ3v) is 9.38. The van der Waals surface area contributed by atoms with Gasteiger partial charge in [-0.2, -0.15) is 13.2 Å². The number of nitrogens with one attached hydrogen (secondary N) is 2. The second kappa shape index (κ2) is 11.8. The number of thiophene rings is 1. The van der Waals surface area contributed by atoms with Crippen LogP contribution < -0.4 is 20.7 Å². The van der Waals surface area contributed by atoms with Gasteiger partial charge in [-0.05, 0) is 62.0 Å². The van der Waals surface area contributed by atoms with Crippen molar-refractivity contribution in [3.8, 4) is 17.6 Å². The van der Waals surface area contributed by atoms with E-state index in [-0.39, 0.29) is 12.1 Å². The monoisotopic (exact) mass is 581 g/mol. The maximum absolute atomic E-state index is 14.7. The fraction of sp³-hybridized carbons (Fsp3) is 0.429. The van der Waals surface area contributed by atoms with Crippen LogP contribution in [0.2, 0.25) is 0 Å². The number of likely N-dealkylation sites (tertiary alicyclic amines) is 1. The predicted molar refractivity (Wildman–Crippen MR) is 153 cm³/mol. The third-order valence-electron chi connectivity index (χ3n) is 6.66. The average Bonchev–Trinajstić information content (AvgIpc) is 3.19. The zero-order valence-electron chi connectivity index (χ0n) is 22.3. The molecule has 5 nitrogen and oxygen atoms in total. The first-order valence-electron chi connectivity index (χ1n) is 12.5. The highest BCUT2D eigenvalue weighted by Crippen LogP contribution is 2.40. The molecule has 11 heteroatoms. The van der Waals surface area contributed by atoms with Gasteiger partial charge in [0.1, 0.15) is 19.1 Å². The maximum atomic E-state index is 14.7. The molecule has 2 unspecified atom stereocenters. The summed E-state index contributed by atoms with van der Waals surface area (Å²) in [6.45, 7) is 4.56. The minimum Gasteiger partial charge on any atom is -0.495 e. The van der Waals surface area contributed by atoms with Gasteiger partial charge in [0.15, 0.2) is 0 Å². The molecule has 0 radical (unpaired) electrons. The molecule has 39 heavy (non-hydrogen) atoms. The van der Waals surface area contributed by atoms with Crippen LogP contribution in [0.25, 0.3) is 10.1 Å². The number of benzene rings is 2. The summed E-state index contributed by atoms with van der Waals surface area (Å²) >= 11 is 1.19. The number of methoxy groups -OCH3 is 1. The van der Waals surface area contributed by atoms with E-state index in [9.17, 15) is 22.1 Å². The van der Waals surface area contributed by atoms with Gasteiger partial charge in [-0.15, -0.1) is 11.3 Å². The molecule has 1 aliphatic heterocycles. The van der Waals surface area contributed by atoms with Gasteiger partial charge in [-0.3, -0.25) is 0 Å². The van der Waals surface area contributed by atoms with Crippen molar-refractivity contribution in [3.63, 3.8) is 0 Å². The molecule has 2 N–H and O–H groups in total. The quantitative estimate of drug-likeness (QED) is 0.198. The molecule has 0 amide bonds. The lowest BCUT2D eigenvalue weighted by Crippen LogP contribution is -2.46. The summed E-state index contributed by atoms with van der Waals surface area (Å²) in [6.07, 6.45) is -5.98.